The summed E-state index contributed by atoms with van der Waals surface area (Å²) in [5.74, 6) is -0.789. The molecule has 0 spiro atoms. The van der Waals surface area contributed by atoms with Crippen molar-refractivity contribution < 1.29 is 14.7 Å². The molecule has 24 heavy (non-hydrogen) atoms. The third kappa shape index (κ3) is 5.07. The largest absolute Gasteiger partial charge is 0.480 e. The van der Waals surface area contributed by atoms with E-state index in [-0.39, 0.29) is 17.2 Å². The second-order valence-corrected chi connectivity index (χ2v) is 7.09. The second kappa shape index (κ2) is 8.84. The van der Waals surface area contributed by atoms with E-state index in [0.29, 0.717) is 22.8 Å². The molecule has 0 aliphatic carbocycles. The molecule has 0 radical (unpaired) electrons. The van der Waals surface area contributed by atoms with Gasteiger partial charge in [-0.1, -0.05) is 19.8 Å². The summed E-state index contributed by atoms with van der Waals surface area (Å²) >= 11 is 2.67. The van der Waals surface area contributed by atoms with Gasteiger partial charge in [-0.15, -0.1) is 23.1 Å². The highest BCUT2D eigenvalue weighted by molar-refractivity contribution is 7.99. The lowest BCUT2D eigenvalue weighted by molar-refractivity contribution is -0.141. The number of carboxylic acid groups (broad SMARTS) is 1. The number of thiazole rings is 1. The highest BCUT2D eigenvalue weighted by Gasteiger charge is 2.19. The number of aliphatic carboxylic acids is 1. The fourth-order valence-corrected chi connectivity index (χ4v) is 3.58. The maximum Gasteiger partial charge on any atom is 0.326 e. The molecule has 2 N–H and O–H groups in total. The van der Waals surface area contributed by atoms with E-state index < -0.39 is 12.0 Å². The fourth-order valence-electron chi connectivity index (χ4n) is 2.11. The minimum absolute atomic E-state index is 0.126. The van der Waals surface area contributed by atoms with Gasteiger partial charge in [-0.25, -0.2) is 9.78 Å². The van der Waals surface area contributed by atoms with Crippen LogP contribution >= 0.6 is 23.1 Å². The zero-order valence-corrected chi connectivity index (χ0v) is 14.9. The number of hydrogen-bond acceptors (Lipinski definition) is 6. The van der Waals surface area contributed by atoms with Crippen molar-refractivity contribution in [3.05, 3.63) is 33.7 Å². The Bertz CT molecular complexity index is 771. The Morgan fingerprint density at radius 3 is 3.00 bits per heavy atom. The number of fused-ring (bicyclic) bond motifs is 1. The summed E-state index contributed by atoms with van der Waals surface area (Å²) < 4.78 is 1.47. The first-order valence-corrected chi connectivity index (χ1v) is 9.60. The van der Waals surface area contributed by atoms with E-state index in [9.17, 15) is 14.4 Å². The van der Waals surface area contributed by atoms with Crippen molar-refractivity contribution in [2.24, 2.45) is 0 Å². The first kappa shape index (κ1) is 18.5. The summed E-state index contributed by atoms with van der Waals surface area (Å²) in [5.41, 5.74) is 0.466. The fraction of sp³-hybridized carbons (Fsp3) is 0.467. The number of unbranched alkanes of at least 4 members (excludes halogenated alkanes) is 1. The van der Waals surface area contributed by atoms with E-state index in [1.165, 1.54) is 33.6 Å². The first-order chi connectivity index (χ1) is 11.5. The Balaban J connectivity index is 1.84. The van der Waals surface area contributed by atoms with Crippen LogP contribution in [0.5, 0.6) is 0 Å². The molecule has 0 unspecified atom stereocenters. The number of amides is 1. The zero-order chi connectivity index (χ0) is 17.5. The topological polar surface area (TPSA) is 101 Å². The molecule has 0 aliphatic heterocycles. The van der Waals surface area contributed by atoms with Crippen molar-refractivity contribution in [2.45, 2.75) is 38.0 Å². The quantitative estimate of drug-likeness (QED) is 0.698. The third-order valence-electron chi connectivity index (χ3n) is 3.32. The summed E-state index contributed by atoms with van der Waals surface area (Å²) in [5, 5.41) is 13.4. The van der Waals surface area contributed by atoms with E-state index in [2.05, 4.69) is 10.3 Å². The monoisotopic (exact) mass is 369 g/mol. The summed E-state index contributed by atoms with van der Waals surface area (Å²) in [7, 11) is 0. The van der Waals surface area contributed by atoms with Gasteiger partial charge in [0.25, 0.3) is 5.56 Å². The first-order valence-electron chi connectivity index (χ1n) is 7.57. The smallest absolute Gasteiger partial charge is 0.326 e. The molecule has 1 atom stereocenters. The van der Waals surface area contributed by atoms with Crippen LogP contribution in [0.4, 0.5) is 0 Å². The molecule has 0 saturated carbocycles. The molecule has 130 valence electrons. The molecule has 0 bridgehead atoms. The van der Waals surface area contributed by atoms with E-state index in [1.54, 1.807) is 11.6 Å². The van der Waals surface area contributed by atoms with Gasteiger partial charge in [0.2, 0.25) is 5.91 Å². The molecular weight excluding hydrogens is 350 g/mol. The maximum absolute atomic E-state index is 11.9. The summed E-state index contributed by atoms with van der Waals surface area (Å²) in [6.07, 6.45) is 3.72. The SMILES string of the molecule is CCCC[C@H](NC(=O)CSCc1cc(=O)n2ccsc2n1)C(=O)O. The van der Waals surface area contributed by atoms with Crippen molar-refractivity contribution in [3.63, 3.8) is 0 Å². The van der Waals surface area contributed by atoms with Crippen LogP contribution < -0.4 is 10.9 Å². The molecule has 7 nitrogen and oxygen atoms in total. The molecule has 2 rings (SSSR count). The Hall–Kier alpha value is -1.87. The second-order valence-electron chi connectivity index (χ2n) is 5.23. The van der Waals surface area contributed by atoms with E-state index in [0.717, 1.165) is 12.8 Å². The predicted molar refractivity (Wildman–Crippen MR) is 94.6 cm³/mol. The van der Waals surface area contributed by atoms with Gasteiger partial charge >= 0.3 is 5.97 Å². The molecule has 0 saturated heterocycles. The Labute approximate surface area is 147 Å². The van der Waals surface area contributed by atoms with Crippen molar-refractivity contribution in [2.75, 3.05) is 5.75 Å². The third-order valence-corrected chi connectivity index (χ3v) is 5.04. The van der Waals surface area contributed by atoms with Gasteiger partial charge in [-0.2, -0.15) is 0 Å². The van der Waals surface area contributed by atoms with Crippen LogP contribution in [0.25, 0.3) is 4.96 Å². The number of rotatable bonds is 9. The highest BCUT2D eigenvalue weighted by Crippen LogP contribution is 2.12. The number of carbonyl (C=O) groups excluding carboxylic acids is 1. The Kier molecular flexibility index (Phi) is 6.80. The number of carbonyl (C=O) groups is 2. The van der Waals surface area contributed by atoms with Crippen LogP contribution in [-0.4, -0.2) is 38.2 Å². The molecule has 2 aromatic heterocycles. The number of nitrogens with one attached hydrogen (secondary N) is 1. The van der Waals surface area contributed by atoms with Crippen LogP contribution in [0.1, 0.15) is 31.9 Å². The highest BCUT2D eigenvalue weighted by atomic mass is 32.2. The lowest BCUT2D eigenvalue weighted by Crippen LogP contribution is -2.41. The van der Waals surface area contributed by atoms with E-state index in [4.69, 9.17) is 5.11 Å². The average Bonchev–Trinajstić information content (AvgIpc) is 3.00. The van der Waals surface area contributed by atoms with E-state index >= 15 is 0 Å². The number of carboxylic acids is 1. The number of hydrogen-bond donors (Lipinski definition) is 2. The normalized spacial score (nSPS) is 12.2. The van der Waals surface area contributed by atoms with Crippen LogP contribution in [0, 0.1) is 0 Å². The average molecular weight is 369 g/mol. The molecule has 2 aromatic rings. The Morgan fingerprint density at radius 1 is 1.50 bits per heavy atom. The summed E-state index contributed by atoms with van der Waals surface area (Å²) in [6.45, 7) is 1.97. The number of thioether (sulfide) groups is 1. The summed E-state index contributed by atoms with van der Waals surface area (Å²) in [6, 6.07) is 0.606. The lowest BCUT2D eigenvalue weighted by atomic mass is 10.1. The van der Waals surface area contributed by atoms with Crippen LogP contribution in [0.2, 0.25) is 0 Å². The molecule has 1 amide bonds. The van der Waals surface area contributed by atoms with Crippen LogP contribution in [0.15, 0.2) is 22.4 Å². The van der Waals surface area contributed by atoms with Crippen LogP contribution in [-0.2, 0) is 15.3 Å². The van der Waals surface area contributed by atoms with E-state index in [1.807, 2.05) is 6.92 Å². The molecule has 0 aliphatic rings. The van der Waals surface area contributed by atoms with Crippen molar-refractivity contribution in [1.29, 1.82) is 0 Å². The maximum atomic E-state index is 11.9. The molecule has 0 fully saturated rings. The number of aromatic nitrogens is 2. The molecule has 0 aromatic carbocycles. The zero-order valence-electron chi connectivity index (χ0n) is 13.2. The van der Waals surface area contributed by atoms with Gasteiger partial charge in [-0.05, 0) is 6.42 Å². The minimum Gasteiger partial charge on any atom is -0.480 e. The molecule has 2 heterocycles. The van der Waals surface area contributed by atoms with Gasteiger partial charge in [0, 0.05) is 23.4 Å². The van der Waals surface area contributed by atoms with Crippen molar-refractivity contribution in [1.82, 2.24) is 14.7 Å². The van der Waals surface area contributed by atoms with Gasteiger partial charge < -0.3 is 10.4 Å². The summed E-state index contributed by atoms with van der Waals surface area (Å²) in [4.78, 5) is 39.8. The minimum atomic E-state index is -1.01. The molecular formula is C15H19N3O4S2. The van der Waals surface area contributed by atoms with Gasteiger partial charge in [0.05, 0.1) is 11.4 Å². The van der Waals surface area contributed by atoms with Gasteiger partial charge in [0.1, 0.15) is 6.04 Å². The van der Waals surface area contributed by atoms with Crippen LogP contribution in [0.3, 0.4) is 0 Å². The predicted octanol–water partition coefficient (Wildman–Crippen LogP) is 1.75. The molecule has 9 heteroatoms. The number of nitrogens with zero attached hydrogens (tertiary/aromatic N) is 2. The lowest BCUT2D eigenvalue weighted by Gasteiger charge is -2.13. The van der Waals surface area contributed by atoms with Crippen molar-refractivity contribution >= 4 is 39.9 Å². The van der Waals surface area contributed by atoms with Gasteiger partial charge in [-0.3, -0.25) is 14.0 Å². The Morgan fingerprint density at radius 2 is 2.29 bits per heavy atom. The van der Waals surface area contributed by atoms with Crippen molar-refractivity contribution in [3.8, 4) is 0 Å². The standard InChI is InChI=1S/C15H19N3O4S2/c1-2-3-4-11(14(21)22)17-12(19)9-23-8-10-7-13(20)18-5-6-24-15(18)16-10/h5-7,11H,2-4,8-9H2,1H3,(H,17,19)(H,21,22)/t11-/m0/s1. The van der Waals surface area contributed by atoms with Gasteiger partial charge in [0.15, 0.2) is 4.96 Å².